The lowest BCUT2D eigenvalue weighted by Crippen LogP contribution is -2.31. The number of hydrogen-bond donors (Lipinski definition) is 0. The van der Waals surface area contributed by atoms with E-state index in [1.165, 1.54) is 30.0 Å². The molecule has 18 heavy (non-hydrogen) atoms. The fourth-order valence-corrected chi connectivity index (χ4v) is 1.74. The Morgan fingerprint density at radius 1 is 1.44 bits per heavy atom. The smallest absolute Gasteiger partial charge is 0.328 e. The predicted octanol–water partition coefficient (Wildman–Crippen LogP) is 1.42. The molecule has 98 valence electrons. The van der Waals surface area contributed by atoms with Gasteiger partial charge in [0, 0.05) is 17.8 Å². The van der Waals surface area contributed by atoms with Crippen LogP contribution in [-0.4, -0.2) is 23.9 Å². The second kappa shape index (κ2) is 6.14. The molecule has 0 saturated carbocycles. The number of carbonyl (C=O) groups excluding carboxylic acids is 2. The number of methoxy groups -OCH3 is 1. The van der Waals surface area contributed by atoms with Crippen LogP contribution in [-0.2, 0) is 9.53 Å². The third-order valence-electron chi connectivity index (χ3n) is 2.60. The van der Waals surface area contributed by atoms with Crippen molar-refractivity contribution in [3.63, 3.8) is 0 Å². The second-order valence-corrected chi connectivity index (χ2v) is 4.49. The van der Waals surface area contributed by atoms with Crippen molar-refractivity contribution < 1.29 is 14.3 Å². The molecule has 0 aliphatic heterocycles. The summed E-state index contributed by atoms with van der Waals surface area (Å²) < 4.78 is 5.97. The third kappa shape index (κ3) is 3.29. The average Bonchev–Trinajstić information content (AvgIpc) is 2.35. The molecule has 0 amide bonds. The highest BCUT2D eigenvalue weighted by Crippen LogP contribution is 2.17. The molecular weight excluding hydrogens is 234 g/mol. The predicted molar refractivity (Wildman–Crippen MR) is 66.6 cm³/mol. The molecule has 0 aliphatic carbocycles. The topological polar surface area (TPSA) is 65.4 Å². The van der Waals surface area contributed by atoms with Crippen LogP contribution >= 0.6 is 0 Å². The normalized spacial score (nSPS) is 12.2. The van der Waals surface area contributed by atoms with Crippen molar-refractivity contribution in [2.75, 3.05) is 7.11 Å². The number of pyridine rings is 1. The molecular formula is C13H17NO4. The maximum absolute atomic E-state index is 11.8. The van der Waals surface area contributed by atoms with Crippen LogP contribution in [0, 0.1) is 5.92 Å². The van der Waals surface area contributed by atoms with Gasteiger partial charge in [-0.1, -0.05) is 13.8 Å². The van der Waals surface area contributed by atoms with Crippen LogP contribution in [0.25, 0.3) is 0 Å². The average molecular weight is 251 g/mol. The summed E-state index contributed by atoms with van der Waals surface area (Å²) in [6, 6.07) is 2.01. The quantitative estimate of drug-likeness (QED) is 0.586. The van der Waals surface area contributed by atoms with Crippen LogP contribution in [0.5, 0.6) is 0 Å². The van der Waals surface area contributed by atoms with Gasteiger partial charge in [-0.3, -0.25) is 9.59 Å². The van der Waals surface area contributed by atoms with E-state index in [1.54, 1.807) is 0 Å². The fourth-order valence-electron chi connectivity index (χ4n) is 1.74. The Morgan fingerprint density at radius 2 is 2.11 bits per heavy atom. The number of hydrogen-bond acceptors (Lipinski definition) is 4. The number of aromatic nitrogens is 1. The van der Waals surface area contributed by atoms with Gasteiger partial charge in [0.1, 0.15) is 6.04 Å². The van der Waals surface area contributed by atoms with Gasteiger partial charge in [0.15, 0.2) is 6.29 Å². The van der Waals surface area contributed by atoms with E-state index >= 15 is 0 Å². The summed E-state index contributed by atoms with van der Waals surface area (Å²) in [7, 11) is 1.28. The SMILES string of the molecule is COC(=O)C(CC(C)C)n1cc(C=O)ccc1=O. The summed E-state index contributed by atoms with van der Waals surface area (Å²) in [5.41, 5.74) is 0.0314. The standard InChI is InChI=1S/C13H17NO4/c1-9(2)6-11(13(17)18-3)14-7-10(8-15)4-5-12(14)16/h4-5,7-9,11H,6H2,1-3H3. The van der Waals surface area contributed by atoms with Crippen LogP contribution in [0.4, 0.5) is 0 Å². The largest absolute Gasteiger partial charge is 0.467 e. The Bertz CT molecular complexity index is 490. The number of aldehydes is 1. The molecule has 1 heterocycles. The van der Waals surface area contributed by atoms with Gasteiger partial charge in [-0.05, 0) is 18.4 Å². The molecule has 1 aromatic heterocycles. The highest BCUT2D eigenvalue weighted by Gasteiger charge is 2.23. The molecule has 0 fully saturated rings. The van der Waals surface area contributed by atoms with Crippen molar-refractivity contribution in [1.82, 2.24) is 4.57 Å². The highest BCUT2D eigenvalue weighted by molar-refractivity contribution is 5.76. The highest BCUT2D eigenvalue weighted by atomic mass is 16.5. The molecule has 5 heteroatoms. The lowest BCUT2D eigenvalue weighted by Gasteiger charge is -2.19. The first-order chi connectivity index (χ1) is 8.49. The summed E-state index contributed by atoms with van der Waals surface area (Å²) in [4.78, 5) is 34.2. The van der Waals surface area contributed by atoms with Gasteiger partial charge in [-0.25, -0.2) is 4.79 Å². The third-order valence-corrected chi connectivity index (χ3v) is 2.60. The van der Waals surface area contributed by atoms with E-state index in [4.69, 9.17) is 4.74 Å². The number of esters is 1. The van der Waals surface area contributed by atoms with Crippen LogP contribution in [0.2, 0.25) is 0 Å². The first-order valence-electron chi connectivity index (χ1n) is 5.74. The summed E-state index contributed by atoms with van der Waals surface area (Å²) in [6.45, 7) is 3.90. The number of nitrogens with zero attached hydrogens (tertiary/aromatic N) is 1. The summed E-state index contributed by atoms with van der Waals surface area (Å²) in [6.07, 6.45) is 2.51. The minimum Gasteiger partial charge on any atom is -0.467 e. The van der Waals surface area contributed by atoms with E-state index < -0.39 is 12.0 Å². The number of rotatable bonds is 5. The lowest BCUT2D eigenvalue weighted by atomic mass is 10.0. The van der Waals surface area contributed by atoms with Gasteiger partial charge >= 0.3 is 5.97 Å². The molecule has 0 bridgehead atoms. The van der Waals surface area contributed by atoms with Crippen molar-refractivity contribution >= 4 is 12.3 Å². The molecule has 1 aromatic rings. The van der Waals surface area contributed by atoms with Gasteiger partial charge in [0.05, 0.1) is 7.11 Å². The van der Waals surface area contributed by atoms with Crippen molar-refractivity contribution in [2.24, 2.45) is 5.92 Å². The van der Waals surface area contributed by atoms with Gasteiger partial charge in [-0.15, -0.1) is 0 Å². The molecule has 0 aromatic carbocycles. The lowest BCUT2D eigenvalue weighted by molar-refractivity contribution is -0.145. The van der Waals surface area contributed by atoms with E-state index in [0.717, 1.165) is 0 Å². The Hall–Kier alpha value is -1.91. The molecule has 0 N–H and O–H groups in total. The molecule has 1 rings (SSSR count). The number of ether oxygens (including phenoxy) is 1. The van der Waals surface area contributed by atoms with Crippen molar-refractivity contribution in [2.45, 2.75) is 26.3 Å². The molecule has 0 aliphatic rings. The summed E-state index contributed by atoms with van der Waals surface area (Å²) in [5, 5.41) is 0. The van der Waals surface area contributed by atoms with Crippen LogP contribution in [0.1, 0.15) is 36.7 Å². The van der Waals surface area contributed by atoms with Crippen LogP contribution < -0.4 is 5.56 Å². The zero-order chi connectivity index (χ0) is 13.7. The minimum absolute atomic E-state index is 0.223. The molecule has 5 nitrogen and oxygen atoms in total. The van der Waals surface area contributed by atoms with Gasteiger partial charge in [0.25, 0.3) is 5.56 Å². The van der Waals surface area contributed by atoms with E-state index in [2.05, 4.69) is 0 Å². The second-order valence-electron chi connectivity index (χ2n) is 4.49. The minimum atomic E-state index is -0.692. The Kier molecular flexibility index (Phi) is 4.83. The van der Waals surface area contributed by atoms with E-state index in [0.29, 0.717) is 18.3 Å². The Morgan fingerprint density at radius 3 is 2.61 bits per heavy atom. The first-order valence-corrected chi connectivity index (χ1v) is 5.74. The van der Waals surface area contributed by atoms with E-state index in [9.17, 15) is 14.4 Å². The fraction of sp³-hybridized carbons (Fsp3) is 0.462. The van der Waals surface area contributed by atoms with Crippen LogP contribution in [0.3, 0.4) is 0 Å². The van der Waals surface area contributed by atoms with Crippen molar-refractivity contribution in [3.8, 4) is 0 Å². The molecule has 1 atom stereocenters. The van der Waals surface area contributed by atoms with Crippen molar-refractivity contribution in [1.29, 1.82) is 0 Å². The van der Waals surface area contributed by atoms with E-state index in [-0.39, 0.29) is 11.5 Å². The first kappa shape index (κ1) is 14.2. The van der Waals surface area contributed by atoms with Gasteiger partial charge in [-0.2, -0.15) is 0 Å². The summed E-state index contributed by atoms with van der Waals surface area (Å²) in [5.74, 6) is -0.255. The molecule has 0 spiro atoms. The number of carbonyl (C=O) groups is 2. The molecule has 1 unspecified atom stereocenters. The monoisotopic (exact) mass is 251 g/mol. The maximum Gasteiger partial charge on any atom is 0.328 e. The Balaban J connectivity index is 3.23. The van der Waals surface area contributed by atoms with Gasteiger partial charge in [0.2, 0.25) is 0 Å². The van der Waals surface area contributed by atoms with Crippen LogP contribution in [0.15, 0.2) is 23.1 Å². The molecule has 0 saturated heterocycles. The molecule has 0 radical (unpaired) electrons. The van der Waals surface area contributed by atoms with Gasteiger partial charge < -0.3 is 9.30 Å². The van der Waals surface area contributed by atoms with Crippen molar-refractivity contribution in [3.05, 3.63) is 34.2 Å². The Labute approximate surface area is 105 Å². The maximum atomic E-state index is 11.8. The van der Waals surface area contributed by atoms with E-state index in [1.807, 2.05) is 13.8 Å². The zero-order valence-electron chi connectivity index (χ0n) is 10.8. The zero-order valence-corrected chi connectivity index (χ0v) is 10.8. The summed E-state index contributed by atoms with van der Waals surface area (Å²) >= 11 is 0.